The summed E-state index contributed by atoms with van der Waals surface area (Å²) in [6.45, 7) is 0.949. The standard InChI is InChI=1S/C19H24N4O/c1-22-7-6-14(10-22)16-9-17(21-20-16)19(24)23-11-15(12-2-3-12)8-18(23)13-4-5-13/h6-7,9-10,12-13,15,18H,2-5,8,11H2,1H3,(H,20,21)/t15-,18-/m1/s1. The van der Waals surface area contributed by atoms with Crippen LogP contribution in [0.4, 0.5) is 0 Å². The maximum Gasteiger partial charge on any atom is 0.272 e. The zero-order chi connectivity index (χ0) is 16.3. The summed E-state index contributed by atoms with van der Waals surface area (Å²) in [5, 5.41) is 7.34. The maximum absolute atomic E-state index is 13.1. The van der Waals surface area contributed by atoms with E-state index in [1.165, 1.54) is 32.1 Å². The molecule has 3 heterocycles. The van der Waals surface area contributed by atoms with E-state index < -0.39 is 0 Å². The fraction of sp³-hybridized carbons (Fsp3) is 0.579. The Kier molecular flexibility index (Phi) is 3.12. The molecule has 126 valence electrons. The van der Waals surface area contributed by atoms with E-state index in [2.05, 4.69) is 15.1 Å². The molecule has 3 fully saturated rings. The summed E-state index contributed by atoms with van der Waals surface area (Å²) in [4.78, 5) is 15.2. The van der Waals surface area contributed by atoms with Crippen molar-refractivity contribution in [2.75, 3.05) is 6.54 Å². The molecule has 1 saturated heterocycles. The number of rotatable bonds is 4. The largest absolute Gasteiger partial charge is 0.357 e. The van der Waals surface area contributed by atoms with Gasteiger partial charge in [0.1, 0.15) is 5.69 Å². The number of hydrogen-bond donors (Lipinski definition) is 1. The zero-order valence-corrected chi connectivity index (χ0v) is 14.1. The van der Waals surface area contributed by atoms with Crippen LogP contribution in [0.3, 0.4) is 0 Å². The topological polar surface area (TPSA) is 53.9 Å². The van der Waals surface area contributed by atoms with E-state index in [4.69, 9.17) is 0 Å². The van der Waals surface area contributed by atoms with Gasteiger partial charge in [0.15, 0.2) is 0 Å². The molecule has 0 spiro atoms. The van der Waals surface area contributed by atoms with Gasteiger partial charge < -0.3 is 9.47 Å². The number of carbonyl (C=O) groups is 1. The predicted octanol–water partition coefficient (Wildman–Crippen LogP) is 3.07. The lowest BCUT2D eigenvalue weighted by atomic mass is 9.98. The van der Waals surface area contributed by atoms with Gasteiger partial charge in [-0.3, -0.25) is 9.89 Å². The van der Waals surface area contributed by atoms with Crippen LogP contribution in [0.15, 0.2) is 24.5 Å². The zero-order valence-electron chi connectivity index (χ0n) is 14.1. The quantitative estimate of drug-likeness (QED) is 0.940. The van der Waals surface area contributed by atoms with Gasteiger partial charge in [0, 0.05) is 37.6 Å². The highest BCUT2D eigenvalue weighted by molar-refractivity contribution is 5.93. The minimum absolute atomic E-state index is 0.143. The van der Waals surface area contributed by atoms with E-state index in [1.54, 1.807) is 0 Å². The number of nitrogens with zero attached hydrogens (tertiary/aromatic N) is 3. The number of aryl methyl sites for hydroxylation is 1. The minimum Gasteiger partial charge on any atom is -0.357 e. The molecular weight excluding hydrogens is 300 g/mol. The van der Waals surface area contributed by atoms with Crippen molar-refractivity contribution >= 4 is 5.91 Å². The number of hydrogen-bond acceptors (Lipinski definition) is 2. The molecule has 2 atom stereocenters. The van der Waals surface area contributed by atoms with Crippen LogP contribution in [-0.4, -0.2) is 38.2 Å². The first-order valence-electron chi connectivity index (χ1n) is 9.18. The highest BCUT2D eigenvalue weighted by atomic mass is 16.2. The van der Waals surface area contributed by atoms with Crippen LogP contribution < -0.4 is 0 Å². The Bertz CT molecular complexity index is 768. The Morgan fingerprint density at radius 1 is 1.21 bits per heavy atom. The molecule has 5 rings (SSSR count). The third-order valence-corrected chi connectivity index (χ3v) is 6.03. The smallest absolute Gasteiger partial charge is 0.272 e. The van der Waals surface area contributed by atoms with Crippen LogP contribution in [0, 0.1) is 17.8 Å². The van der Waals surface area contributed by atoms with Gasteiger partial charge >= 0.3 is 0 Å². The minimum atomic E-state index is 0.143. The van der Waals surface area contributed by atoms with Crippen LogP contribution >= 0.6 is 0 Å². The summed E-state index contributed by atoms with van der Waals surface area (Å²) in [5.41, 5.74) is 2.53. The SMILES string of the molecule is Cn1ccc(-c2cc(C(=O)N3C[C@H](C4CC4)C[C@@H]3C3CC3)[nH]n2)c1. The molecule has 5 nitrogen and oxygen atoms in total. The van der Waals surface area contributed by atoms with E-state index in [0.717, 1.165) is 35.6 Å². The van der Waals surface area contributed by atoms with Crippen LogP contribution in [0.5, 0.6) is 0 Å². The fourth-order valence-corrected chi connectivity index (χ4v) is 4.36. The number of nitrogens with one attached hydrogen (secondary N) is 1. The first kappa shape index (κ1) is 14.3. The van der Waals surface area contributed by atoms with Crippen molar-refractivity contribution < 1.29 is 4.79 Å². The number of H-pyrrole nitrogens is 1. The summed E-state index contributed by atoms with van der Waals surface area (Å²) in [6, 6.07) is 4.40. The summed E-state index contributed by atoms with van der Waals surface area (Å²) in [5.74, 6) is 2.50. The van der Waals surface area contributed by atoms with Crippen molar-refractivity contribution in [2.45, 2.75) is 38.1 Å². The number of carbonyl (C=O) groups excluding carboxylic acids is 1. The molecule has 2 saturated carbocycles. The molecule has 2 aromatic rings. The van der Waals surface area contributed by atoms with E-state index in [1.807, 2.05) is 36.1 Å². The second kappa shape index (κ2) is 5.23. The molecular formula is C19H24N4O. The predicted molar refractivity (Wildman–Crippen MR) is 91.4 cm³/mol. The Labute approximate surface area is 142 Å². The van der Waals surface area contributed by atoms with Crippen molar-refractivity contribution in [2.24, 2.45) is 24.8 Å². The summed E-state index contributed by atoms with van der Waals surface area (Å²) < 4.78 is 2.00. The monoisotopic (exact) mass is 324 g/mol. The average Bonchev–Trinajstić information content (AvgIpc) is 3.47. The first-order valence-corrected chi connectivity index (χ1v) is 9.18. The van der Waals surface area contributed by atoms with Crippen molar-refractivity contribution in [3.05, 3.63) is 30.2 Å². The molecule has 1 amide bonds. The Hall–Kier alpha value is -2.04. The van der Waals surface area contributed by atoms with Gasteiger partial charge in [0.05, 0.1) is 5.69 Å². The van der Waals surface area contributed by atoms with Gasteiger partial charge in [-0.1, -0.05) is 0 Å². The normalized spacial score (nSPS) is 27.0. The molecule has 3 aliphatic rings. The molecule has 0 aromatic carbocycles. The molecule has 1 aliphatic heterocycles. The van der Waals surface area contributed by atoms with Crippen LogP contribution in [0.2, 0.25) is 0 Å². The van der Waals surface area contributed by atoms with E-state index in [-0.39, 0.29) is 5.91 Å². The maximum atomic E-state index is 13.1. The Morgan fingerprint density at radius 2 is 2.00 bits per heavy atom. The van der Waals surface area contributed by atoms with E-state index >= 15 is 0 Å². The average molecular weight is 324 g/mol. The van der Waals surface area contributed by atoms with E-state index in [9.17, 15) is 4.79 Å². The molecule has 2 aliphatic carbocycles. The lowest BCUT2D eigenvalue weighted by Crippen LogP contribution is -2.37. The molecule has 0 bridgehead atoms. The van der Waals surface area contributed by atoms with Crippen molar-refractivity contribution in [3.8, 4) is 11.3 Å². The number of likely N-dealkylation sites (tertiary alicyclic amines) is 1. The molecule has 5 heteroatoms. The lowest BCUT2D eigenvalue weighted by molar-refractivity contribution is 0.0710. The summed E-state index contributed by atoms with van der Waals surface area (Å²) in [7, 11) is 1.99. The van der Waals surface area contributed by atoms with Crippen LogP contribution in [0.1, 0.15) is 42.6 Å². The van der Waals surface area contributed by atoms with Gasteiger partial charge in [0.25, 0.3) is 5.91 Å². The highest BCUT2D eigenvalue weighted by Gasteiger charge is 2.47. The third kappa shape index (κ3) is 2.46. The van der Waals surface area contributed by atoms with Gasteiger partial charge in [-0.25, -0.2) is 0 Å². The third-order valence-electron chi connectivity index (χ3n) is 6.03. The lowest BCUT2D eigenvalue weighted by Gasteiger charge is -2.23. The molecule has 0 radical (unpaired) electrons. The Morgan fingerprint density at radius 3 is 2.67 bits per heavy atom. The first-order chi connectivity index (χ1) is 11.7. The van der Waals surface area contributed by atoms with Crippen molar-refractivity contribution in [3.63, 3.8) is 0 Å². The summed E-state index contributed by atoms with van der Waals surface area (Å²) >= 11 is 0. The molecule has 2 aromatic heterocycles. The van der Waals surface area contributed by atoms with E-state index in [0.29, 0.717) is 11.7 Å². The van der Waals surface area contributed by atoms with Gasteiger partial charge in [-0.2, -0.15) is 5.10 Å². The van der Waals surface area contributed by atoms with Gasteiger partial charge in [0.2, 0.25) is 0 Å². The van der Waals surface area contributed by atoms with Crippen molar-refractivity contribution in [1.82, 2.24) is 19.7 Å². The molecule has 1 N–H and O–H groups in total. The number of amides is 1. The van der Waals surface area contributed by atoms with Crippen molar-refractivity contribution in [1.29, 1.82) is 0 Å². The second-order valence-electron chi connectivity index (χ2n) is 7.93. The van der Waals surface area contributed by atoms with Gasteiger partial charge in [-0.15, -0.1) is 0 Å². The molecule has 0 unspecified atom stereocenters. The van der Waals surface area contributed by atoms with Crippen LogP contribution in [0.25, 0.3) is 11.3 Å². The number of aromatic nitrogens is 3. The highest BCUT2D eigenvalue weighted by Crippen LogP contribution is 2.48. The number of aromatic amines is 1. The fourth-order valence-electron chi connectivity index (χ4n) is 4.36. The molecule has 24 heavy (non-hydrogen) atoms. The summed E-state index contributed by atoms with van der Waals surface area (Å²) in [6.07, 6.45) is 10.6. The van der Waals surface area contributed by atoms with Gasteiger partial charge in [-0.05, 0) is 62.0 Å². The second-order valence-corrected chi connectivity index (χ2v) is 7.93. The Balaban J connectivity index is 1.38. The van der Waals surface area contributed by atoms with Crippen LogP contribution in [-0.2, 0) is 7.05 Å².